The molecule has 2 heterocycles. The first-order valence-corrected chi connectivity index (χ1v) is 8.04. The maximum Gasteiger partial charge on any atom is 0.151 e. The molecule has 0 aliphatic carbocycles. The molecule has 2 aromatic rings. The molecule has 104 valence electrons. The normalized spacial score (nSPS) is 11.4. The van der Waals surface area contributed by atoms with Crippen molar-refractivity contribution in [3.8, 4) is 0 Å². The molecule has 0 saturated carbocycles. The lowest BCUT2D eigenvalue weighted by Gasteiger charge is -2.10. The summed E-state index contributed by atoms with van der Waals surface area (Å²) in [6.45, 7) is 7.16. The molecule has 0 aliphatic heterocycles. The van der Waals surface area contributed by atoms with Gasteiger partial charge in [-0.15, -0.1) is 0 Å². The molecule has 0 radical (unpaired) electrons. The summed E-state index contributed by atoms with van der Waals surface area (Å²) in [6, 6.07) is 0. The topological polar surface area (TPSA) is 56.7 Å². The Morgan fingerprint density at radius 2 is 1.89 bits per heavy atom. The van der Waals surface area contributed by atoms with Crippen molar-refractivity contribution in [2.45, 2.75) is 40.2 Å². The largest absolute Gasteiger partial charge is 0.382 e. The predicted octanol–water partition coefficient (Wildman–Crippen LogP) is 3.08. The highest BCUT2D eigenvalue weighted by molar-refractivity contribution is 7.98. The minimum atomic E-state index is 0.545. The third-order valence-electron chi connectivity index (χ3n) is 3.57. The number of anilines is 1. The van der Waals surface area contributed by atoms with E-state index in [1.54, 1.807) is 0 Å². The summed E-state index contributed by atoms with van der Waals surface area (Å²) in [5, 5.41) is 0. The van der Waals surface area contributed by atoms with Crippen molar-refractivity contribution in [1.29, 1.82) is 0 Å². The van der Waals surface area contributed by atoms with Gasteiger partial charge in [0.25, 0.3) is 0 Å². The minimum absolute atomic E-state index is 0.545. The molecule has 0 aromatic carbocycles. The standard InChI is InChI=1S/C14H22N4S/c1-9-10(2)16-14(15)12-13(9)18(11(3)17-12)7-5-6-8-19-4/h5-8H2,1-4H3,(H2,15,16). The first-order chi connectivity index (χ1) is 9.06. The van der Waals surface area contributed by atoms with E-state index in [0.29, 0.717) is 5.82 Å². The van der Waals surface area contributed by atoms with E-state index in [1.165, 1.54) is 24.2 Å². The average molecular weight is 278 g/mol. The fourth-order valence-corrected chi connectivity index (χ4v) is 2.89. The van der Waals surface area contributed by atoms with Crippen LogP contribution in [0.3, 0.4) is 0 Å². The minimum Gasteiger partial charge on any atom is -0.382 e. The fourth-order valence-electron chi connectivity index (χ4n) is 2.40. The highest BCUT2D eigenvalue weighted by Gasteiger charge is 2.14. The van der Waals surface area contributed by atoms with E-state index in [0.717, 1.165) is 29.1 Å². The van der Waals surface area contributed by atoms with Crippen LogP contribution in [0.2, 0.25) is 0 Å². The molecule has 2 rings (SSSR count). The van der Waals surface area contributed by atoms with E-state index in [2.05, 4.69) is 27.7 Å². The van der Waals surface area contributed by atoms with E-state index in [-0.39, 0.29) is 0 Å². The van der Waals surface area contributed by atoms with Crippen LogP contribution in [0.1, 0.15) is 29.9 Å². The molecule has 2 aromatic heterocycles. The Bertz CT molecular complexity index is 589. The quantitative estimate of drug-likeness (QED) is 0.854. The smallest absolute Gasteiger partial charge is 0.151 e. The third-order valence-corrected chi connectivity index (χ3v) is 4.26. The molecule has 0 amide bonds. The number of pyridine rings is 1. The zero-order valence-electron chi connectivity index (χ0n) is 12.2. The van der Waals surface area contributed by atoms with Crippen molar-refractivity contribution in [1.82, 2.24) is 14.5 Å². The van der Waals surface area contributed by atoms with Gasteiger partial charge < -0.3 is 10.3 Å². The molecular formula is C14H22N4S. The number of nitrogens with zero attached hydrogens (tertiary/aromatic N) is 3. The van der Waals surface area contributed by atoms with Crippen molar-refractivity contribution < 1.29 is 0 Å². The van der Waals surface area contributed by atoms with Crippen LogP contribution in [0, 0.1) is 20.8 Å². The summed E-state index contributed by atoms with van der Waals surface area (Å²) in [6.07, 6.45) is 4.56. The lowest BCUT2D eigenvalue weighted by Crippen LogP contribution is -2.04. The molecule has 0 fully saturated rings. The summed E-state index contributed by atoms with van der Waals surface area (Å²) in [4.78, 5) is 8.95. The Hall–Kier alpha value is -1.23. The maximum absolute atomic E-state index is 5.99. The number of unbranched alkanes of at least 4 members (excludes halogenated alkanes) is 1. The first-order valence-electron chi connectivity index (χ1n) is 6.64. The molecule has 19 heavy (non-hydrogen) atoms. The molecule has 0 saturated heterocycles. The van der Waals surface area contributed by atoms with Gasteiger partial charge in [0, 0.05) is 12.2 Å². The van der Waals surface area contributed by atoms with E-state index >= 15 is 0 Å². The zero-order valence-corrected chi connectivity index (χ0v) is 13.0. The second-order valence-electron chi connectivity index (χ2n) is 4.92. The molecule has 0 unspecified atom stereocenters. The highest BCUT2D eigenvalue weighted by atomic mass is 32.2. The third kappa shape index (κ3) is 2.71. The number of aryl methyl sites for hydroxylation is 4. The SMILES string of the molecule is CSCCCCn1c(C)nc2c(N)nc(C)c(C)c21. The van der Waals surface area contributed by atoms with Crippen molar-refractivity contribution >= 4 is 28.6 Å². The molecule has 0 atom stereocenters. The van der Waals surface area contributed by atoms with Gasteiger partial charge in [-0.3, -0.25) is 0 Å². The van der Waals surface area contributed by atoms with Gasteiger partial charge in [-0.1, -0.05) is 0 Å². The first kappa shape index (κ1) is 14.2. The van der Waals surface area contributed by atoms with Crippen LogP contribution in [0.4, 0.5) is 5.82 Å². The number of rotatable bonds is 5. The Labute approximate surface area is 118 Å². The van der Waals surface area contributed by atoms with Crippen LogP contribution in [-0.2, 0) is 6.54 Å². The predicted molar refractivity (Wildman–Crippen MR) is 83.8 cm³/mol. The molecule has 0 aliphatic rings. The van der Waals surface area contributed by atoms with Gasteiger partial charge in [0.1, 0.15) is 11.3 Å². The molecule has 0 spiro atoms. The Kier molecular flexibility index (Phi) is 4.34. The Balaban J connectivity index is 2.40. The number of fused-ring (bicyclic) bond motifs is 1. The second kappa shape index (κ2) is 5.82. The zero-order chi connectivity index (χ0) is 14.0. The van der Waals surface area contributed by atoms with Gasteiger partial charge in [-0.25, -0.2) is 9.97 Å². The van der Waals surface area contributed by atoms with Crippen LogP contribution in [0.15, 0.2) is 0 Å². The second-order valence-corrected chi connectivity index (χ2v) is 5.90. The lowest BCUT2D eigenvalue weighted by molar-refractivity contribution is 0.633. The van der Waals surface area contributed by atoms with Crippen LogP contribution in [0.25, 0.3) is 11.0 Å². The van der Waals surface area contributed by atoms with Crippen LogP contribution < -0.4 is 5.73 Å². The maximum atomic E-state index is 5.99. The molecule has 2 N–H and O–H groups in total. The summed E-state index contributed by atoms with van der Waals surface area (Å²) in [7, 11) is 0. The summed E-state index contributed by atoms with van der Waals surface area (Å²) >= 11 is 1.90. The molecule has 0 bridgehead atoms. The van der Waals surface area contributed by atoms with Crippen molar-refractivity contribution in [2.24, 2.45) is 0 Å². The van der Waals surface area contributed by atoms with E-state index in [1.807, 2.05) is 25.6 Å². The molecular weight excluding hydrogens is 256 g/mol. The Morgan fingerprint density at radius 3 is 2.58 bits per heavy atom. The van der Waals surface area contributed by atoms with E-state index < -0.39 is 0 Å². The van der Waals surface area contributed by atoms with Gasteiger partial charge in [0.2, 0.25) is 0 Å². The molecule has 5 heteroatoms. The van der Waals surface area contributed by atoms with Gasteiger partial charge in [0.15, 0.2) is 5.82 Å². The molecule has 4 nitrogen and oxygen atoms in total. The van der Waals surface area contributed by atoms with Crippen LogP contribution in [0.5, 0.6) is 0 Å². The number of hydrogen-bond acceptors (Lipinski definition) is 4. The van der Waals surface area contributed by atoms with Gasteiger partial charge >= 0.3 is 0 Å². The van der Waals surface area contributed by atoms with E-state index in [9.17, 15) is 0 Å². The number of aromatic nitrogens is 3. The van der Waals surface area contributed by atoms with Crippen molar-refractivity contribution in [2.75, 3.05) is 17.7 Å². The summed E-state index contributed by atoms with van der Waals surface area (Å²) < 4.78 is 2.29. The van der Waals surface area contributed by atoms with Crippen molar-refractivity contribution in [3.63, 3.8) is 0 Å². The summed E-state index contributed by atoms with van der Waals surface area (Å²) in [5.41, 5.74) is 10.2. The number of imidazole rings is 1. The average Bonchev–Trinajstić information content (AvgIpc) is 2.70. The fraction of sp³-hybridized carbons (Fsp3) is 0.571. The number of thioether (sulfide) groups is 1. The van der Waals surface area contributed by atoms with Gasteiger partial charge in [-0.05, 0) is 51.2 Å². The Morgan fingerprint density at radius 1 is 1.16 bits per heavy atom. The van der Waals surface area contributed by atoms with Crippen LogP contribution in [-0.4, -0.2) is 26.5 Å². The highest BCUT2D eigenvalue weighted by Crippen LogP contribution is 2.26. The number of nitrogens with two attached hydrogens (primary N) is 1. The number of hydrogen-bond donors (Lipinski definition) is 1. The van der Waals surface area contributed by atoms with E-state index in [4.69, 9.17) is 5.73 Å². The lowest BCUT2D eigenvalue weighted by atomic mass is 10.2. The van der Waals surface area contributed by atoms with Crippen LogP contribution >= 0.6 is 11.8 Å². The number of nitrogen functional groups attached to an aromatic ring is 1. The summed E-state index contributed by atoms with van der Waals surface area (Å²) in [5.74, 6) is 2.79. The van der Waals surface area contributed by atoms with Gasteiger partial charge in [0.05, 0.1) is 5.52 Å². The van der Waals surface area contributed by atoms with Crippen molar-refractivity contribution in [3.05, 3.63) is 17.1 Å². The monoisotopic (exact) mass is 278 g/mol. The van der Waals surface area contributed by atoms with Gasteiger partial charge in [-0.2, -0.15) is 11.8 Å².